The van der Waals surface area contributed by atoms with Gasteiger partial charge in [0.05, 0.1) is 20.8 Å². The summed E-state index contributed by atoms with van der Waals surface area (Å²) in [6.45, 7) is 3.39. The van der Waals surface area contributed by atoms with Gasteiger partial charge < -0.3 is 28.6 Å². The lowest BCUT2D eigenvalue weighted by atomic mass is 9.89. The number of thiophene rings is 1. The lowest BCUT2D eigenvalue weighted by Gasteiger charge is -2.32. The first-order chi connectivity index (χ1) is 27.9. The van der Waals surface area contributed by atoms with E-state index in [1.54, 1.807) is 30.3 Å². The number of aromatic nitrogens is 4. The normalized spacial score (nSPS) is 16.7. The number of ether oxygens (including phenoxy) is 3. The second-order valence-corrected chi connectivity index (χ2v) is 16.0. The summed E-state index contributed by atoms with van der Waals surface area (Å²) in [5.74, 6) is -0.553. The van der Waals surface area contributed by atoms with Gasteiger partial charge in [0.15, 0.2) is 5.58 Å². The number of piperazine rings is 1. The number of rotatable bonds is 13. The van der Waals surface area contributed by atoms with Gasteiger partial charge in [-0.15, -0.1) is 11.3 Å². The van der Waals surface area contributed by atoms with Crippen LogP contribution in [0.25, 0.3) is 42.0 Å². The van der Waals surface area contributed by atoms with Crippen molar-refractivity contribution < 1.29 is 46.1 Å². The van der Waals surface area contributed by atoms with E-state index in [4.69, 9.17) is 30.2 Å². The van der Waals surface area contributed by atoms with E-state index in [-0.39, 0.29) is 28.8 Å². The van der Waals surface area contributed by atoms with E-state index in [2.05, 4.69) is 31.9 Å². The largest absolute Gasteiger partial charge is 0.491 e. The fourth-order valence-electron chi connectivity index (χ4n) is 7.89. The number of alkyl halides is 3. The van der Waals surface area contributed by atoms with Gasteiger partial charge in [-0.1, -0.05) is 29.8 Å². The molecule has 18 heteroatoms. The Bertz CT molecular complexity index is 2690. The molecule has 0 radical (unpaired) electrons. The quantitative estimate of drug-likeness (QED) is 0.113. The third kappa shape index (κ3) is 7.03. The number of carboxylic acids is 1. The summed E-state index contributed by atoms with van der Waals surface area (Å²) >= 11 is 8.31. The smallest absolute Gasteiger partial charge is 0.408 e. The summed E-state index contributed by atoms with van der Waals surface area (Å²) < 4.78 is 80.2. The zero-order valence-corrected chi connectivity index (χ0v) is 32.5. The van der Waals surface area contributed by atoms with Crippen molar-refractivity contribution in [2.75, 3.05) is 46.4 Å². The van der Waals surface area contributed by atoms with Gasteiger partial charge in [0.2, 0.25) is 12.0 Å². The zero-order valence-electron chi connectivity index (χ0n) is 30.9. The van der Waals surface area contributed by atoms with Crippen molar-refractivity contribution in [3.63, 3.8) is 0 Å². The number of fused-ring (bicyclic) bond motifs is 8. The van der Waals surface area contributed by atoms with E-state index < -0.39 is 36.2 Å². The SMILES string of the molecule is CN1CCN(CCOc2ccc3c(c2Cl)c2cc(F)oc2c2sc4ncnc(O[C@@H](C(=O)O)C5(c6ccccc6OCc6ccnn6CC(F)(F)F)CC5)c4c32)CC1. The van der Waals surface area contributed by atoms with E-state index in [9.17, 15) is 27.5 Å². The minimum atomic E-state index is -4.48. The van der Waals surface area contributed by atoms with Crippen molar-refractivity contribution in [3.05, 3.63) is 83.3 Å². The van der Waals surface area contributed by atoms with Crippen LogP contribution in [0.2, 0.25) is 5.02 Å². The molecule has 1 aliphatic heterocycles. The minimum absolute atomic E-state index is 0.0133. The number of nitrogens with zero attached hydrogens (tertiary/aromatic N) is 6. The molecule has 2 fully saturated rings. The molecule has 4 aromatic heterocycles. The second-order valence-electron chi connectivity index (χ2n) is 14.6. The van der Waals surface area contributed by atoms with Crippen LogP contribution in [0.5, 0.6) is 17.4 Å². The number of aliphatic carboxylic acids is 1. The number of carboxylic acid groups (broad SMARTS) is 1. The molecule has 0 spiro atoms. The predicted octanol–water partition coefficient (Wildman–Crippen LogP) is 8.06. The molecule has 3 aromatic carbocycles. The standard InChI is InChI=1S/C40H35ClF4N6O6S/c1-49-12-14-50(15-13-49)16-17-54-27-7-6-23-29(32(27)41)24-18-28(42)56-33(24)34-30(23)31-36(46-21-47-37(31)58-34)57-35(38(52)53)39(9-10-39)25-4-2-3-5-26(25)55-19-22-8-11-48-51(22)20-40(43,44)45/h2-8,11,18,21,35H,9-10,12-17,19-20H2,1H3,(H,52,53)/t35-/m0/s1. The molecule has 1 atom stereocenters. The second kappa shape index (κ2) is 14.9. The molecule has 302 valence electrons. The van der Waals surface area contributed by atoms with Crippen molar-refractivity contribution in [3.8, 4) is 17.4 Å². The van der Waals surface area contributed by atoms with Crippen LogP contribution in [-0.2, 0) is 23.4 Å². The first kappa shape index (κ1) is 38.3. The van der Waals surface area contributed by atoms with E-state index in [1.807, 2.05) is 6.07 Å². The number of furan rings is 1. The molecule has 58 heavy (non-hydrogen) atoms. The van der Waals surface area contributed by atoms with Crippen molar-refractivity contribution in [2.45, 2.75) is 43.7 Å². The molecular formula is C40H35ClF4N6O6S. The minimum Gasteiger partial charge on any atom is -0.491 e. The Morgan fingerprint density at radius 3 is 2.57 bits per heavy atom. The van der Waals surface area contributed by atoms with Gasteiger partial charge in [-0.05, 0) is 49.5 Å². The Morgan fingerprint density at radius 2 is 1.81 bits per heavy atom. The maximum absolute atomic E-state index is 15.0. The Kier molecular flexibility index (Phi) is 9.81. The molecule has 1 aliphatic carbocycles. The molecule has 5 heterocycles. The molecule has 0 unspecified atom stereocenters. The molecule has 9 rings (SSSR count). The molecule has 12 nitrogen and oxygen atoms in total. The number of para-hydroxylation sites is 1. The van der Waals surface area contributed by atoms with Crippen LogP contribution in [0.4, 0.5) is 17.6 Å². The number of hydrogen-bond acceptors (Lipinski definition) is 11. The summed E-state index contributed by atoms with van der Waals surface area (Å²) in [5, 5.41) is 17.3. The van der Waals surface area contributed by atoms with Crippen molar-refractivity contribution >= 4 is 71.0 Å². The molecule has 0 amide bonds. The summed E-state index contributed by atoms with van der Waals surface area (Å²) in [5.41, 5.74) is -0.119. The van der Waals surface area contributed by atoms with E-state index in [0.717, 1.165) is 30.9 Å². The third-order valence-electron chi connectivity index (χ3n) is 10.9. The molecule has 1 saturated heterocycles. The fraction of sp³-hybridized carbons (Fsp3) is 0.350. The first-order valence-corrected chi connectivity index (χ1v) is 19.7. The highest BCUT2D eigenvalue weighted by Crippen LogP contribution is 2.56. The van der Waals surface area contributed by atoms with Crippen molar-refractivity contribution in [2.24, 2.45) is 0 Å². The Morgan fingerprint density at radius 1 is 1.02 bits per heavy atom. The van der Waals surface area contributed by atoms with Crippen LogP contribution in [0.1, 0.15) is 24.1 Å². The van der Waals surface area contributed by atoms with Gasteiger partial charge in [0, 0.05) is 72.1 Å². The number of hydrogen-bond donors (Lipinski definition) is 1. The highest BCUT2D eigenvalue weighted by molar-refractivity contribution is 7.26. The Balaban J connectivity index is 1.07. The van der Waals surface area contributed by atoms with Gasteiger partial charge in [0.25, 0.3) is 6.01 Å². The highest BCUT2D eigenvalue weighted by atomic mass is 35.5. The first-order valence-electron chi connectivity index (χ1n) is 18.5. The Labute approximate surface area is 336 Å². The molecule has 0 bridgehead atoms. The summed E-state index contributed by atoms with van der Waals surface area (Å²) in [7, 11) is 2.10. The third-order valence-corrected chi connectivity index (χ3v) is 12.4. The molecule has 7 aromatic rings. The average molecular weight is 839 g/mol. The van der Waals surface area contributed by atoms with Crippen LogP contribution in [0, 0.1) is 6.01 Å². The monoisotopic (exact) mass is 838 g/mol. The van der Waals surface area contributed by atoms with Crippen LogP contribution in [0.15, 0.2) is 65.5 Å². The maximum Gasteiger partial charge on any atom is 0.408 e. The van der Waals surface area contributed by atoms with Crippen LogP contribution in [-0.4, -0.2) is 99.3 Å². The van der Waals surface area contributed by atoms with Gasteiger partial charge in [0.1, 0.15) is 42.4 Å². The van der Waals surface area contributed by atoms with Crippen LogP contribution < -0.4 is 14.2 Å². The van der Waals surface area contributed by atoms with Gasteiger partial charge >= 0.3 is 12.1 Å². The molecular weight excluding hydrogens is 804 g/mol. The lowest BCUT2D eigenvalue weighted by molar-refractivity contribution is -0.147. The number of likely N-dealkylation sites (N-methyl/N-ethyl adjacent to an activating group) is 1. The van der Waals surface area contributed by atoms with Crippen LogP contribution in [0.3, 0.4) is 0 Å². The van der Waals surface area contributed by atoms with Crippen molar-refractivity contribution in [1.29, 1.82) is 0 Å². The average Bonchev–Trinajstić information content (AvgIpc) is 3.46. The topological polar surface area (TPSA) is 128 Å². The van der Waals surface area contributed by atoms with E-state index >= 15 is 0 Å². The number of carbonyl (C=O) groups is 1. The molecule has 1 N–H and O–H groups in total. The van der Waals surface area contributed by atoms with E-state index in [0.29, 0.717) is 79.5 Å². The predicted molar refractivity (Wildman–Crippen MR) is 209 cm³/mol. The lowest BCUT2D eigenvalue weighted by Crippen LogP contribution is -2.45. The van der Waals surface area contributed by atoms with Gasteiger partial charge in [-0.3, -0.25) is 9.58 Å². The maximum atomic E-state index is 15.0. The highest BCUT2D eigenvalue weighted by Gasteiger charge is 2.57. The van der Waals surface area contributed by atoms with Gasteiger partial charge in [-0.2, -0.15) is 22.7 Å². The summed E-state index contributed by atoms with van der Waals surface area (Å²) in [6, 6.07) is 12.3. The molecule has 1 saturated carbocycles. The fourth-order valence-corrected chi connectivity index (χ4v) is 9.36. The Hall–Kier alpha value is -5.23. The van der Waals surface area contributed by atoms with Gasteiger partial charge in [-0.25, -0.2) is 14.8 Å². The zero-order chi connectivity index (χ0) is 40.3. The van der Waals surface area contributed by atoms with Crippen LogP contribution >= 0.6 is 22.9 Å². The van der Waals surface area contributed by atoms with E-state index in [1.165, 1.54) is 36.0 Å². The molecule has 2 aliphatic rings. The number of benzene rings is 3. The van der Waals surface area contributed by atoms with Crippen molar-refractivity contribution in [1.82, 2.24) is 29.5 Å². The summed E-state index contributed by atoms with van der Waals surface area (Å²) in [6.07, 6.45) is -2.59. The number of halogens is 5. The summed E-state index contributed by atoms with van der Waals surface area (Å²) in [4.78, 5) is 27.2.